The lowest BCUT2D eigenvalue weighted by molar-refractivity contribution is 0.0231. The van der Waals surface area contributed by atoms with Crippen molar-refractivity contribution in [3.05, 3.63) is 17.1 Å². The molecule has 3 N–H and O–H groups in total. The van der Waals surface area contributed by atoms with Crippen molar-refractivity contribution in [2.45, 2.75) is 53.6 Å². The van der Waals surface area contributed by atoms with E-state index < -0.39 is 0 Å². The number of nitrogen functional groups attached to an aromatic ring is 1. The Morgan fingerprint density at radius 3 is 2.26 bits per heavy atom. The van der Waals surface area contributed by atoms with Crippen LogP contribution in [0.3, 0.4) is 0 Å². The van der Waals surface area contributed by atoms with E-state index in [2.05, 4.69) is 43.1 Å². The Balaban J connectivity index is 3.26. The minimum atomic E-state index is -0.1000. The smallest absolute Gasteiger partial charge is 0.160 e. The first kappa shape index (κ1) is 15.9. The van der Waals surface area contributed by atoms with Gasteiger partial charge < -0.3 is 10.2 Å². The van der Waals surface area contributed by atoms with Gasteiger partial charge in [0.25, 0.3) is 0 Å². The summed E-state index contributed by atoms with van der Waals surface area (Å²) in [5, 5.41) is 0. The van der Waals surface area contributed by atoms with Gasteiger partial charge in [-0.3, -0.25) is 0 Å². The predicted octanol–water partition coefficient (Wildman–Crippen LogP) is 2.93. The lowest BCUT2D eigenvalue weighted by Gasteiger charge is -2.22. The zero-order valence-electron chi connectivity index (χ0n) is 12.8. The number of ether oxygens (including phenoxy) is 1. The monoisotopic (exact) mass is 266 g/mol. The lowest BCUT2D eigenvalue weighted by Crippen LogP contribution is -2.20. The van der Waals surface area contributed by atoms with Crippen molar-refractivity contribution >= 4 is 5.82 Å². The number of rotatable bonds is 6. The standard InChI is InChI=1S/C14H26N4O/c1-7-19-12(9(4)5)14-16-10(6)11(8(2)3)13(17-14)18-15/h8-9,12H,7,15H2,1-6H3,(H,16,17,18). The van der Waals surface area contributed by atoms with Gasteiger partial charge in [-0.1, -0.05) is 27.7 Å². The minimum absolute atomic E-state index is 0.1000. The molecule has 1 aromatic heterocycles. The molecule has 0 saturated heterocycles. The first-order valence-electron chi connectivity index (χ1n) is 6.88. The Morgan fingerprint density at radius 1 is 1.21 bits per heavy atom. The van der Waals surface area contributed by atoms with Crippen molar-refractivity contribution in [2.24, 2.45) is 11.8 Å². The molecule has 0 amide bonds. The van der Waals surface area contributed by atoms with Crippen LogP contribution in [-0.2, 0) is 4.74 Å². The van der Waals surface area contributed by atoms with E-state index in [1.807, 2.05) is 13.8 Å². The van der Waals surface area contributed by atoms with Crippen molar-refractivity contribution < 1.29 is 4.74 Å². The molecule has 1 atom stereocenters. The lowest BCUT2D eigenvalue weighted by atomic mass is 10.0. The molecule has 1 unspecified atom stereocenters. The second kappa shape index (κ2) is 6.82. The Kier molecular flexibility index (Phi) is 5.69. The van der Waals surface area contributed by atoms with Crippen LogP contribution in [-0.4, -0.2) is 16.6 Å². The van der Waals surface area contributed by atoms with Crippen molar-refractivity contribution in [1.29, 1.82) is 0 Å². The fraction of sp³-hybridized carbons (Fsp3) is 0.714. The summed E-state index contributed by atoms with van der Waals surface area (Å²) in [7, 11) is 0. The van der Waals surface area contributed by atoms with Crippen molar-refractivity contribution in [1.82, 2.24) is 9.97 Å². The molecule has 1 heterocycles. The summed E-state index contributed by atoms with van der Waals surface area (Å²) in [6.45, 7) is 13.0. The summed E-state index contributed by atoms with van der Waals surface area (Å²) in [6.07, 6.45) is -0.1000. The first-order valence-corrected chi connectivity index (χ1v) is 6.88. The zero-order valence-corrected chi connectivity index (χ0v) is 12.8. The van der Waals surface area contributed by atoms with E-state index in [0.29, 0.717) is 30.1 Å². The molecule has 5 nitrogen and oxygen atoms in total. The summed E-state index contributed by atoms with van der Waals surface area (Å²) >= 11 is 0. The highest BCUT2D eigenvalue weighted by Gasteiger charge is 2.22. The van der Waals surface area contributed by atoms with Crippen molar-refractivity contribution in [2.75, 3.05) is 12.0 Å². The number of aromatic nitrogens is 2. The molecule has 0 spiro atoms. The molecular weight excluding hydrogens is 240 g/mol. The van der Waals surface area contributed by atoms with Crippen LogP contribution in [0.25, 0.3) is 0 Å². The molecule has 0 aliphatic heterocycles. The fourth-order valence-corrected chi connectivity index (χ4v) is 2.28. The van der Waals surface area contributed by atoms with Gasteiger partial charge in [0.15, 0.2) is 5.82 Å². The molecule has 5 heteroatoms. The molecule has 0 radical (unpaired) electrons. The second-order valence-corrected chi connectivity index (χ2v) is 5.35. The maximum atomic E-state index is 5.75. The number of aryl methyl sites for hydroxylation is 1. The van der Waals surface area contributed by atoms with Crippen molar-refractivity contribution in [3.63, 3.8) is 0 Å². The van der Waals surface area contributed by atoms with Gasteiger partial charge in [0.2, 0.25) is 0 Å². The predicted molar refractivity (Wildman–Crippen MR) is 77.9 cm³/mol. The molecule has 0 aliphatic carbocycles. The van der Waals surface area contributed by atoms with E-state index in [-0.39, 0.29) is 6.10 Å². The third-order valence-corrected chi connectivity index (χ3v) is 3.07. The van der Waals surface area contributed by atoms with Gasteiger partial charge in [-0.25, -0.2) is 15.8 Å². The molecule has 0 bridgehead atoms. The molecule has 1 aromatic rings. The van der Waals surface area contributed by atoms with Crippen LogP contribution in [0, 0.1) is 12.8 Å². The highest BCUT2D eigenvalue weighted by Crippen LogP contribution is 2.29. The summed E-state index contributed by atoms with van der Waals surface area (Å²) in [4.78, 5) is 9.15. The number of nitrogens with one attached hydrogen (secondary N) is 1. The molecule has 1 rings (SSSR count). The highest BCUT2D eigenvalue weighted by molar-refractivity contribution is 5.47. The van der Waals surface area contributed by atoms with Crippen LogP contribution >= 0.6 is 0 Å². The third kappa shape index (κ3) is 3.64. The highest BCUT2D eigenvalue weighted by atomic mass is 16.5. The Labute approximate surface area is 115 Å². The van der Waals surface area contributed by atoms with Crippen LogP contribution < -0.4 is 11.3 Å². The quantitative estimate of drug-likeness (QED) is 0.612. The largest absolute Gasteiger partial charge is 0.370 e. The molecule has 0 saturated carbocycles. The van der Waals surface area contributed by atoms with Crippen molar-refractivity contribution in [3.8, 4) is 0 Å². The SMILES string of the molecule is CCOC(c1nc(C)c(C(C)C)c(NN)n1)C(C)C. The van der Waals surface area contributed by atoms with Gasteiger partial charge in [-0.2, -0.15) is 0 Å². The first-order chi connectivity index (χ1) is 8.92. The number of hydrogen-bond acceptors (Lipinski definition) is 5. The van der Waals surface area contributed by atoms with E-state index in [1.165, 1.54) is 0 Å². The topological polar surface area (TPSA) is 73.1 Å². The average Bonchev–Trinajstić information content (AvgIpc) is 2.33. The van der Waals surface area contributed by atoms with E-state index >= 15 is 0 Å². The molecule has 19 heavy (non-hydrogen) atoms. The van der Waals surface area contributed by atoms with Gasteiger partial charge >= 0.3 is 0 Å². The molecule has 0 aliphatic rings. The minimum Gasteiger partial charge on any atom is -0.370 e. The Morgan fingerprint density at radius 2 is 1.84 bits per heavy atom. The maximum absolute atomic E-state index is 5.75. The summed E-state index contributed by atoms with van der Waals surface area (Å²) < 4.78 is 5.75. The van der Waals surface area contributed by atoms with Crippen LogP contribution in [0.4, 0.5) is 5.82 Å². The van der Waals surface area contributed by atoms with E-state index in [0.717, 1.165) is 11.3 Å². The Hall–Kier alpha value is -1.20. The number of hydrazine groups is 1. The van der Waals surface area contributed by atoms with E-state index in [4.69, 9.17) is 10.6 Å². The number of nitrogens with two attached hydrogens (primary N) is 1. The zero-order chi connectivity index (χ0) is 14.6. The van der Waals surface area contributed by atoms with Crippen LogP contribution in [0.2, 0.25) is 0 Å². The number of anilines is 1. The number of hydrogen-bond donors (Lipinski definition) is 2. The second-order valence-electron chi connectivity index (χ2n) is 5.35. The van der Waals surface area contributed by atoms with Gasteiger partial charge in [-0.05, 0) is 25.7 Å². The molecular formula is C14H26N4O. The summed E-state index contributed by atoms with van der Waals surface area (Å²) in [5.74, 6) is 7.63. The van der Waals surface area contributed by atoms with Gasteiger partial charge in [-0.15, -0.1) is 0 Å². The maximum Gasteiger partial charge on any atom is 0.160 e. The van der Waals surface area contributed by atoms with Gasteiger partial charge in [0.1, 0.15) is 11.9 Å². The third-order valence-electron chi connectivity index (χ3n) is 3.07. The van der Waals surface area contributed by atoms with E-state index in [9.17, 15) is 0 Å². The average molecular weight is 266 g/mol. The summed E-state index contributed by atoms with van der Waals surface area (Å²) in [6, 6.07) is 0. The fourth-order valence-electron chi connectivity index (χ4n) is 2.28. The van der Waals surface area contributed by atoms with E-state index in [1.54, 1.807) is 0 Å². The number of nitrogens with zero attached hydrogens (tertiary/aromatic N) is 2. The van der Waals surface area contributed by atoms with Gasteiger partial charge in [0, 0.05) is 17.9 Å². The molecule has 0 aromatic carbocycles. The molecule has 0 fully saturated rings. The molecule has 108 valence electrons. The van der Waals surface area contributed by atoms with Crippen LogP contribution in [0.1, 0.15) is 63.7 Å². The normalized spacial score (nSPS) is 13.1. The van der Waals surface area contributed by atoms with Gasteiger partial charge in [0.05, 0.1) is 0 Å². The van der Waals surface area contributed by atoms with Crippen LogP contribution in [0.5, 0.6) is 0 Å². The Bertz CT molecular complexity index is 418. The summed E-state index contributed by atoms with van der Waals surface area (Å²) in [5.41, 5.74) is 4.70. The van der Waals surface area contributed by atoms with Crippen LogP contribution in [0.15, 0.2) is 0 Å².